The molecule has 0 fully saturated rings. The molecule has 0 aromatic heterocycles. The minimum Gasteiger partial charge on any atom is -0.452 e. The first-order valence-corrected chi connectivity index (χ1v) is 9.05. The topological polar surface area (TPSA) is 92.8 Å². The van der Waals surface area contributed by atoms with Crippen molar-refractivity contribution in [1.82, 2.24) is 9.62 Å². The summed E-state index contributed by atoms with van der Waals surface area (Å²) < 4.78 is 43.7. The minimum absolute atomic E-state index is 0.248. The number of hydrogen-bond acceptors (Lipinski definition) is 5. The van der Waals surface area contributed by atoms with Gasteiger partial charge in [-0.25, -0.2) is 21.9 Å². The molecule has 0 aliphatic rings. The van der Waals surface area contributed by atoms with Crippen LogP contribution < -0.4 is 5.32 Å². The standard InChI is InChI=1S/C16H23FN2O5S/c1-6-16(2,3)18-14(20)10-24-15(21)12-9-11(7-8-13(12)17)25(22,23)19(4)5/h7-9H,6,10H2,1-5H3,(H,18,20). The Balaban J connectivity index is 2.91. The Morgan fingerprint density at radius 2 is 1.88 bits per heavy atom. The van der Waals surface area contributed by atoms with E-state index in [9.17, 15) is 22.4 Å². The molecule has 0 unspecified atom stereocenters. The van der Waals surface area contributed by atoms with Gasteiger partial charge in [-0.3, -0.25) is 4.79 Å². The molecule has 7 nitrogen and oxygen atoms in total. The first-order valence-electron chi connectivity index (χ1n) is 7.61. The van der Waals surface area contributed by atoms with Crippen LogP contribution in [0.5, 0.6) is 0 Å². The molecule has 140 valence electrons. The fraction of sp³-hybridized carbons (Fsp3) is 0.500. The largest absolute Gasteiger partial charge is 0.452 e. The Morgan fingerprint density at radius 3 is 2.40 bits per heavy atom. The van der Waals surface area contributed by atoms with Crippen LogP contribution in [-0.4, -0.2) is 50.8 Å². The summed E-state index contributed by atoms with van der Waals surface area (Å²) in [6, 6.07) is 2.81. The van der Waals surface area contributed by atoms with Gasteiger partial charge in [0, 0.05) is 19.6 Å². The fourth-order valence-electron chi connectivity index (χ4n) is 1.74. The summed E-state index contributed by atoms with van der Waals surface area (Å²) in [5.74, 6) is -2.58. The molecular formula is C16H23FN2O5S. The van der Waals surface area contributed by atoms with Gasteiger partial charge in [0.05, 0.1) is 10.5 Å². The zero-order valence-corrected chi connectivity index (χ0v) is 15.7. The van der Waals surface area contributed by atoms with Crippen LogP contribution in [0, 0.1) is 5.82 Å². The van der Waals surface area contributed by atoms with E-state index in [-0.39, 0.29) is 4.90 Å². The van der Waals surface area contributed by atoms with Crippen molar-refractivity contribution in [3.8, 4) is 0 Å². The van der Waals surface area contributed by atoms with E-state index in [2.05, 4.69) is 5.32 Å². The summed E-state index contributed by atoms with van der Waals surface area (Å²) in [7, 11) is -1.20. The SMILES string of the molecule is CCC(C)(C)NC(=O)COC(=O)c1cc(S(=O)(=O)N(C)C)ccc1F. The van der Waals surface area contributed by atoms with Gasteiger partial charge < -0.3 is 10.1 Å². The van der Waals surface area contributed by atoms with Crippen molar-refractivity contribution in [3.63, 3.8) is 0 Å². The maximum absolute atomic E-state index is 13.8. The number of amides is 1. The molecule has 0 saturated carbocycles. The summed E-state index contributed by atoms with van der Waals surface area (Å²) in [5.41, 5.74) is -1.01. The molecule has 1 amide bonds. The minimum atomic E-state index is -3.83. The van der Waals surface area contributed by atoms with Crippen LogP contribution in [0.2, 0.25) is 0 Å². The molecule has 1 aromatic rings. The lowest BCUT2D eigenvalue weighted by atomic mass is 10.0. The van der Waals surface area contributed by atoms with E-state index in [4.69, 9.17) is 4.74 Å². The van der Waals surface area contributed by atoms with Crippen molar-refractivity contribution < 1.29 is 27.1 Å². The number of halogens is 1. The van der Waals surface area contributed by atoms with Gasteiger partial charge in [-0.2, -0.15) is 0 Å². The van der Waals surface area contributed by atoms with Gasteiger partial charge in [-0.15, -0.1) is 0 Å². The lowest BCUT2D eigenvalue weighted by Gasteiger charge is -2.24. The quantitative estimate of drug-likeness (QED) is 0.731. The number of carbonyl (C=O) groups excluding carboxylic acids is 2. The highest BCUT2D eigenvalue weighted by Gasteiger charge is 2.23. The first-order chi connectivity index (χ1) is 11.4. The smallest absolute Gasteiger partial charge is 0.341 e. The Hall–Kier alpha value is -2.00. The highest BCUT2D eigenvalue weighted by Crippen LogP contribution is 2.18. The predicted molar refractivity (Wildman–Crippen MR) is 90.1 cm³/mol. The second kappa shape index (κ2) is 7.92. The number of nitrogens with zero attached hydrogens (tertiary/aromatic N) is 1. The first kappa shape index (κ1) is 21.0. The molecule has 0 radical (unpaired) electrons. The van der Waals surface area contributed by atoms with Crippen molar-refractivity contribution in [1.29, 1.82) is 0 Å². The predicted octanol–water partition coefficient (Wildman–Crippen LogP) is 1.54. The number of benzene rings is 1. The zero-order chi connectivity index (χ0) is 19.4. The highest BCUT2D eigenvalue weighted by molar-refractivity contribution is 7.89. The summed E-state index contributed by atoms with van der Waals surface area (Å²) in [4.78, 5) is 23.5. The average molecular weight is 374 g/mol. The van der Waals surface area contributed by atoms with Crippen LogP contribution in [0.1, 0.15) is 37.6 Å². The van der Waals surface area contributed by atoms with Gasteiger partial charge in [-0.05, 0) is 38.5 Å². The number of rotatable bonds is 7. The van der Waals surface area contributed by atoms with Crippen LogP contribution in [0.15, 0.2) is 23.1 Å². The van der Waals surface area contributed by atoms with Crippen LogP contribution in [0.4, 0.5) is 4.39 Å². The third kappa shape index (κ3) is 5.50. The summed E-state index contributed by atoms with van der Waals surface area (Å²) >= 11 is 0. The molecule has 0 saturated heterocycles. The molecule has 0 atom stereocenters. The Bertz CT molecular complexity index is 760. The molecule has 1 rings (SSSR count). The third-order valence-corrected chi connectivity index (χ3v) is 5.44. The molecule has 1 N–H and O–H groups in total. The molecule has 0 aliphatic heterocycles. The lowest BCUT2D eigenvalue weighted by molar-refractivity contribution is -0.125. The number of carbonyl (C=O) groups is 2. The van der Waals surface area contributed by atoms with Gasteiger partial charge in [-0.1, -0.05) is 6.92 Å². The van der Waals surface area contributed by atoms with Crippen LogP contribution >= 0.6 is 0 Å². The van der Waals surface area contributed by atoms with Gasteiger partial charge in [0.2, 0.25) is 10.0 Å². The molecule has 0 spiro atoms. The Kier molecular flexibility index (Phi) is 6.67. The zero-order valence-electron chi connectivity index (χ0n) is 14.9. The third-order valence-electron chi connectivity index (χ3n) is 3.63. The molecule has 0 bridgehead atoms. The van der Waals surface area contributed by atoms with Crippen molar-refractivity contribution in [2.75, 3.05) is 20.7 Å². The van der Waals surface area contributed by atoms with Gasteiger partial charge in [0.1, 0.15) is 5.82 Å². The second-order valence-electron chi connectivity index (χ2n) is 6.29. The van der Waals surface area contributed by atoms with Crippen LogP contribution in [-0.2, 0) is 19.6 Å². The summed E-state index contributed by atoms with van der Waals surface area (Å²) in [5, 5.41) is 2.67. The summed E-state index contributed by atoms with van der Waals surface area (Å²) in [6.45, 7) is 4.91. The molecule has 1 aromatic carbocycles. The molecule has 25 heavy (non-hydrogen) atoms. The summed E-state index contributed by atoms with van der Waals surface area (Å²) in [6.07, 6.45) is 0.672. The molecule has 0 heterocycles. The fourth-order valence-corrected chi connectivity index (χ4v) is 2.67. The van der Waals surface area contributed by atoms with Gasteiger partial charge >= 0.3 is 5.97 Å². The maximum Gasteiger partial charge on any atom is 0.341 e. The average Bonchev–Trinajstić information content (AvgIpc) is 2.52. The monoisotopic (exact) mass is 374 g/mol. The van der Waals surface area contributed by atoms with E-state index in [1.54, 1.807) is 0 Å². The van der Waals surface area contributed by atoms with E-state index in [1.165, 1.54) is 14.1 Å². The van der Waals surface area contributed by atoms with E-state index >= 15 is 0 Å². The molecule has 9 heteroatoms. The van der Waals surface area contributed by atoms with E-state index in [1.807, 2.05) is 20.8 Å². The number of ether oxygens (including phenoxy) is 1. The van der Waals surface area contributed by atoms with Crippen LogP contribution in [0.3, 0.4) is 0 Å². The molecule has 0 aliphatic carbocycles. The van der Waals surface area contributed by atoms with Crippen molar-refractivity contribution in [2.45, 2.75) is 37.6 Å². The van der Waals surface area contributed by atoms with Gasteiger partial charge in [0.15, 0.2) is 6.61 Å². The van der Waals surface area contributed by atoms with Gasteiger partial charge in [0.25, 0.3) is 5.91 Å². The van der Waals surface area contributed by atoms with E-state index in [0.717, 1.165) is 22.5 Å². The molecular weight excluding hydrogens is 351 g/mol. The number of sulfonamides is 1. The van der Waals surface area contributed by atoms with Crippen LogP contribution in [0.25, 0.3) is 0 Å². The second-order valence-corrected chi connectivity index (χ2v) is 8.44. The number of nitrogens with one attached hydrogen (secondary N) is 1. The van der Waals surface area contributed by atoms with Crippen molar-refractivity contribution in [2.24, 2.45) is 0 Å². The lowest BCUT2D eigenvalue weighted by Crippen LogP contribution is -2.44. The highest BCUT2D eigenvalue weighted by atomic mass is 32.2. The Labute approximate surface area is 147 Å². The van der Waals surface area contributed by atoms with E-state index < -0.39 is 45.4 Å². The van der Waals surface area contributed by atoms with E-state index in [0.29, 0.717) is 6.42 Å². The normalized spacial score (nSPS) is 12.1. The maximum atomic E-state index is 13.8. The van der Waals surface area contributed by atoms with Crippen molar-refractivity contribution in [3.05, 3.63) is 29.6 Å². The van der Waals surface area contributed by atoms with Crippen molar-refractivity contribution >= 4 is 21.9 Å². The number of esters is 1. The Morgan fingerprint density at radius 1 is 1.28 bits per heavy atom. The number of hydrogen-bond donors (Lipinski definition) is 1.